The number of fused-ring (bicyclic) bond motifs is 1. The molecular weight excluding hydrogens is 408 g/mol. The van der Waals surface area contributed by atoms with E-state index in [0.29, 0.717) is 42.0 Å². The first kappa shape index (κ1) is 19.9. The lowest BCUT2D eigenvalue weighted by Crippen LogP contribution is -2.43. The molecule has 3 aromatic rings. The quantitative estimate of drug-likeness (QED) is 0.668. The lowest BCUT2D eigenvalue weighted by molar-refractivity contribution is -0.119. The molecule has 0 unspecified atom stereocenters. The molecule has 1 saturated heterocycles. The van der Waals surface area contributed by atoms with Crippen LogP contribution in [0.15, 0.2) is 47.4 Å². The zero-order valence-corrected chi connectivity index (χ0v) is 17.8. The van der Waals surface area contributed by atoms with Crippen molar-refractivity contribution >= 4 is 44.4 Å². The van der Waals surface area contributed by atoms with Crippen molar-refractivity contribution < 1.29 is 13.2 Å². The van der Waals surface area contributed by atoms with Crippen molar-refractivity contribution in [2.75, 3.05) is 11.9 Å². The van der Waals surface area contributed by atoms with Crippen LogP contribution in [-0.2, 0) is 14.8 Å². The Morgan fingerprint density at radius 3 is 2.66 bits per heavy atom. The molecule has 1 aliphatic rings. The van der Waals surface area contributed by atoms with Crippen molar-refractivity contribution in [1.29, 1.82) is 0 Å². The van der Waals surface area contributed by atoms with Gasteiger partial charge in [-0.1, -0.05) is 32.0 Å². The van der Waals surface area contributed by atoms with E-state index >= 15 is 0 Å². The van der Waals surface area contributed by atoms with E-state index in [-0.39, 0.29) is 10.8 Å². The number of rotatable bonds is 5. The molecular formula is C20H22N4O3S2. The largest absolute Gasteiger partial charge is 0.325 e. The maximum Gasteiger partial charge on any atom is 0.246 e. The summed E-state index contributed by atoms with van der Waals surface area (Å²) in [5, 5.41) is 2.86. The number of aromatic nitrogens is 2. The number of nitrogens with one attached hydrogen (secondary N) is 1. The van der Waals surface area contributed by atoms with Crippen LogP contribution in [-0.4, -0.2) is 40.0 Å². The van der Waals surface area contributed by atoms with Gasteiger partial charge in [0.1, 0.15) is 22.0 Å². The van der Waals surface area contributed by atoms with Gasteiger partial charge in [0.25, 0.3) is 0 Å². The van der Waals surface area contributed by atoms with Crippen LogP contribution in [0.1, 0.15) is 38.2 Å². The predicted molar refractivity (Wildman–Crippen MR) is 113 cm³/mol. The van der Waals surface area contributed by atoms with Crippen LogP contribution in [0.2, 0.25) is 0 Å². The summed E-state index contributed by atoms with van der Waals surface area (Å²) in [6, 6.07) is 11.8. The highest BCUT2D eigenvalue weighted by atomic mass is 32.2. The maximum atomic E-state index is 13.3. The normalized spacial score (nSPS) is 17.8. The molecule has 1 aromatic heterocycles. The van der Waals surface area contributed by atoms with Gasteiger partial charge in [-0.3, -0.25) is 4.79 Å². The Labute approximate surface area is 174 Å². The second-order valence-corrected chi connectivity index (χ2v) is 9.82. The standard InChI is InChI=1S/C20H22N4O3S2/c1-13(2)14-8-10-15(11-9-14)21-20(25)17-6-4-12-24(17)29(26,27)18-7-3-5-16-19(18)23-28-22-16/h3,5,7-11,13,17H,4,6,12H2,1-2H3,(H,21,25)/t17-/m0/s1. The lowest BCUT2D eigenvalue weighted by atomic mass is 10.0. The van der Waals surface area contributed by atoms with Crippen molar-refractivity contribution in [3.8, 4) is 0 Å². The average molecular weight is 431 g/mol. The molecule has 0 saturated carbocycles. The first-order chi connectivity index (χ1) is 13.9. The molecule has 0 aliphatic carbocycles. The van der Waals surface area contributed by atoms with Crippen LogP contribution in [0, 0.1) is 0 Å². The molecule has 0 bridgehead atoms. The molecule has 7 nitrogen and oxygen atoms in total. The van der Waals surface area contributed by atoms with Crippen molar-refractivity contribution in [3.05, 3.63) is 48.0 Å². The van der Waals surface area contributed by atoms with Gasteiger partial charge >= 0.3 is 0 Å². The second-order valence-electron chi connectivity index (χ2n) is 7.43. The van der Waals surface area contributed by atoms with Gasteiger partial charge in [0.15, 0.2) is 0 Å². The minimum Gasteiger partial charge on any atom is -0.325 e. The molecule has 1 atom stereocenters. The van der Waals surface area contributed by atoms with E-state index in [1.54, 1.807) is 12.1 Å². The Balaban J connectivity index is 1.58. The van der Waals surface area contributed by atoms with Crippen LogP contribution in [0.25, 0.3) is 11.0 Å². The van der Waals surface area contributed by atoms with Crippen molar-refractivity contribution in [3.63, 3.8) is 0 Å². The molecule has 9 heteroatoms. The molecule has 0 radical (unpaired) electrons. The van der Waals surface area contributed by atoms with E-state index in [9.17, 15) is 13.2 Å². The van der Waals surface area contributed by atoms with E-state index in [1.165, 1.54) is 15.9 Å². The van der Waals surface area contributed by atoms with Crippen LogP contribution in [0.5, 0.6) is 0 Å². The molecule has 1 amide bonds. The van der Waals surface area contributed by atoms with Gasteiger partial charge in [0, 0.05) is 12.2 Å². The summed E-state index contributed by atoms with van der Waals surface area (Å²) in [7, 11) is -3.86. The third-order valence-electron chi connectivity index (χ3n) is 5.19. The highest BCUT2D eigenvalue weighted by Gasteiger charge is 2.40. The minimum absolute atomic E-state index is 0.102. The summed E-state index contributed by atoms with van der Waals surface area (Å²) < 4.78 is 36.2. The summed E-state index contributed by atoms with van der Waals surface area (Å²) in [6.07, 6.45) is 1.12. The molecule has 1 fully saturated rings. The molecule has 1 N–H and O–H groups in total. The van der Waals surface area contributed by atoms with E-state index in [0.717, 1.165) is 11.7 Å². The summed E-state index contributed by atoms with van der Waals surface area (Å²) in [6.45, 7) is 4.52. The number of amides is 1. The van der Waals surface area contributed by atoms with Crippen molar-refractivity contribution in [2.45, 2.75) is 43.5 Å². The highest BCUT2D eigenvalue weighted by Crippen LogP contribution is 2.30. The molecule has 1 aliphatic heterocycles. The number of anilines is 1. The number of carbonyl (C=O) groups is 1. The Hall–Kier alpha value is -2.36. The summed E-state index contributed by atoms with van der Waals surface area (Å²) in [4.78, 5) is 13.0. The molecule has 4 rings (SSSR count). The van der Waals surface area contributed by atoms with Crippen LogP contribution >= 0.6 is 11.7 Å². The number of nitrogens with zero attached hydrogens (tertiary/aromatic N) is 3. The van der Waals surface area contributed by atoms with Gasteiger partial charge in [-0.05, 0) is 48.6 Å². The Bertz CT molecular complexity index is 1140. The van der Waals surface area contributed by atoms with Gasteiger partial charge < -0.3 is 5.32 Å². The van der Waals surface area contributed by atoms with Gasteiger partial charge in [-0.25, -0.2) is 8.42 Å². The van der Waals surface area contributed by atoms with Gasteiger partial charge in [-0.15, -0.1) is 0 Å². The lowest BCUT2D eigenvalue weighted by Gasteiger charge is -2.23. The fraction of sp³-hybridized carbons (Fsp3) is 0.350. The highest BCUT2D eigenvalue weighted by molar-refractivity contribution is 7.89. The van der Waals surface area contributed by atoms with Gasteiger partial charge in [0.05, 0.1) is 11.7 Å². The zero-order valence-electron chi connectivity index (χ0n) is 16.2. The average Bonchev–Trinajstić information content (AvgIpc) is 3.37. The fourth-order valence-electron chi connectivity index (χ4n) is 3.58. The Morgan fingerprint density at radius 2 is 1.93 bits per heavy atom. The molecule has 152 valence electrons. The topological polar surface area (TPSA) is 92.3 Å². The van der Waals surface area contributed by atoms with E-state index in [2.05, 4.69) is 27.9 Å². The number of hydrogen-bond donors (Lipinski definition) is 1. The predicted octanol–water partition coefficient (Wildman–Crippen LogP) is 3.61. The Morgan fingerprint density at radius 1 is 1.17 bits per heavy atom. The molecule has 0 spiro atoms. The van der Waals surface area contributed by atoms with E-state index in [4.69, 9.17) is 0 Å². The second kappa shape index (κ2) is 7.81. The first-order valence-electron chi connectivity index (χ1n) is 9.52. The minimum atomic E-state index is -3.86. The maximum absolute atomic E-state index is 13.3. The Kier molecular flexibility index (Phi) is 5.37. The van der Waals surface area contributed by atoms with Crippen LogP contribution in [0.4, 0.5) is 5.69 Å². The number of hydrogen-bond acceptors (Lipinski definition) is 6. The van der Waals surface area contributed by atoms with E-state index < -0.39 is 16.1 Å². The van der Waals surface area contributed by atoms with Crippen molar-refractivity contribution in [1.82, 2.24) is 13.1 Å². The SMILES string of the molecule is CC(C)c1ccc(NC(=O)[C@@H]2CCCN2S(=O)(=O)c2cccc3nsnc23)cc1. The van der Waals surface area contributed by atoms with Crippen molar-refractivity contribution in [2.24, 2.45) is 0 Å². The molecule has 2 aromatic carbocycles. The molecule has 29 heavy (non-hydrogen) atoms. The number of sulfonamides is 1. The van der Waals surface area contributed by atoms with E-state index in [1.807, 2.05) is 24.3 Å². The molecule has 2 heterocycles. The van der Waals surface area contributed by atoms with Gasteiger partial charge in [0.2, 0.25) is 15.9 Å². The summed E-state index contributed by atoms with van der Waals surface area (Å²) in [5.41, 5.74) is 2.74. The van der Waals surface area contributed by atoms with Gasteiger partial charge in [-0.2, -0.15) is 13.1 Å². The van der Waals surface area contributed by atoms with Crippen LogP contribution in [0.3, 0.4) is 0 Å². The zero-order chi connectivity index (χ0) is 20.6. The summed E-state index contributed by atoms with van der Waals surface area (Å²) in [5.74, 6) is 0.0880. The smallest absolute Gasteiger partial charge is 0.246 e. The number of benzene rings is 2. The van der Waals surface area contributed by atoms with Crippen LogP contribution < -0.4 is 5.32 Å². The fourth-order valence-corrected chi connectivity index (χ4v) is 5.99. The monoisotopic (exact) mass is 430 g/mol. The first-order valence-corrected chi connectivity index (χ1v) is 11.7. The third-order valence-corrected chi connectivity index (χ3v) is 7.67. The third kappa shape index (κ3) is 3.77. The summed E-state index contributed by atoms with van der Waals surface area (Å²) >= 11 is 0.975. The number of carbonyl (C=O) groups excluding carboxylic acids is 1.